The molecule has 0 radical (unpaired) electrons. The van der Waals surface area contributed by atoms with Crippen molar-refractivity contribution in [2.24, 2.45) is 0 Å². The Labute approximate surface area is 244 Å². The van der Waals surface area contributed by atoms with E-state index < -0.39 is 21.2 Å². The molecule has 3 heteroatoms. The van der Waals surface area contributed by atoms with Gasteiger partial charge in [-0.05, 0) is 33.4 Å². The van der Waals surface area contributed by atoms with Crippen LogP contribution in [-0.2, 0) is 20.1 Å². The van der Waals surface area contributed by atoms with Gasteiger partial charge in [0.2, 0.25) is 0 Å². The van der Waals surface area contributed by atoms with Crippen LogP contribution in [0.25, 0.3) is 0 Å². The van der Waals surface area contributed by atoms with Crippen molar-refractivity contribution in [2.45, 2.75) is 11.2 Å². The van der Waals surface area contributed by atoms with Gasteiger partial charge in [-0.25, -0.2) is 0 Å². The molecular weight excluding hydrogens is 517 g/mol. The number of hydrogen-bond acceptors (Lipinski definition) is 2. The van der Waals surface area contributed by atoms with Crippen LogP contribution >= 0.6 is 0 Å². The fourth-order valence-corrected chi connectivity index (χ4v) is 7.16. The van der Waals surface area contributed by atoms with E-state index in [1.807, 2.05) is 36.4 Å². The third-order valence-corrected chi connectivity index (χ3v) is 8.73. The average molecular weight is 549 g/mol. The van der Waals surface area contributed by atoms with Crippen molar-refractivity contribution in [1.82, 2.24) is 0 Å². The molecule has 0 aromatic heterocycles. The summed E-state index contributed by atoms with van der Waals surface area (Å²) in [7, 11) is -1.66. The smallest absolute Gasteiger partial charge is 0.307 e. The molecule has 0 N–H and O–H groups in total. The zero-order valence-electron chi connectivity index (χ0n) is 22.8. The number of rotatable bonds is 10. The second-order valence-corrected chi connectivity index (χ2v) is 10.8. The van der Waals surface area contributed by atoms with E-state index in [4.69, 9.17) is 8.85 Å². The molecule has 0 aliphatic heterocycles. The Morgan fingerprint density at radius 1 is 0.268 bits per heavy atom. The van der Waals surface area contributed by atoms with Gasteiger partial charge < -0.3 is 8.85 Å². The van der Waals surface area contributed by atoms with Crippen molar-refractivity contribution >= 4 is 10.0 Å². The summed E-state index contributed by atoms with van der Waals surface area (Å²) in [6.45, 7) is 0. The van der Waals surface area contributed by atoms with E-state index in [1.54, 1.807) is 0 Å². The normalized spacial score (nSPS) is 11.7. The van der Waals surface area contributed by atoms with Crippen molar-refractivity contribution in [2.75, 3.05) is 0 Å². The molecule has 0 amide bonds. The lowest BCUT2D eigenvalue weighted by atomic mass is 9.80. The maximum Gasteiger partial charge on any atom is 0.307 e. The van der Waals surface area contributed by atoms with E-state index in [0.29, 0.717) is 0 Å². The lowest BCUT2D eigenvalue weighted by Gasteiger charge is -2.40. The van der Waals surface area contributed by atoms with Gasteiger partial charge in [-0.15, -0.1) is 0 Å². The summed E-state index contributed by atoms with van der Waals surface area (Å²) in [5.41, 5.74) is 4.75. The molecule has 2 nitrogen and oxygen atoms in total. The molecule has 0 aliphatic carbocycles. The molecule has 0 bridgehead atoms. The van der Waals surface area contributed by atoms with Crippen LogP contribution < -0.4 is 0 Å². The van der Waals surface area contributed by atoms with Gasteiger partial charge in [0, 0.05) is 0 Å². The Bertz CT molecular complexity index is 1310. The van der Waals surface area contributed by atoms with Crippen molar-refractivity contribution in [3.05, 3.63) is 215 Å². The molecular formula is C38H32O2Si. The summed E-state index contributed by atoms with van der Waals surface area (Å²) in [4.78, 5) is 0. The Hall–Kier alpha value is -4.54. The van der Waals surface area contributed by atoms with Crippen molar-refractivity contribution < 1.29 is 8.85 Å². The van der Waals surface area contributed by atoms with E-state index in [-0.39, 0.29) is 0 Å². The standard InChI is InChI=1S/C38H32O2Si/c1-7-19-31(20-8-1)37(32-21-9-2-10-22-32,33-23-11-3-12-24-33)39-41-40-38(34-25-13-4-14-26-34,35-27-15-5-16-28-35)36-29-17-6-18-30-36/h1-30H,41H2. The summed E-state index contributed by atoms with van der Waals surface area (Å²) in [6, 6.07) is 62.9. The van der Waals surface area contributed by atoms with Gasteiger partial charge in [0.15, 0.2) is 0 Å². The Morgan fingerprint density at radius 2 is 0.439 bits per heavy atom. The highest BCUT2D eigenvalue weighted by atomic mass is 28.3. The molecule has 6 aromatic carbocycles. The Balaban J connectivity index is 1.50. The quantitative estimate of drug-likeness (QED) is 0.128. The Kier molecular flexibility index (Phi) is 8.01. The first-order valence-corrected chi connectivity index (χ1v) is 15.1. The average Bonchev–Trinajstić information content (AvgIpc) is 3.08. The van der Waals surface area contributed by atoms with Crippen LogP contribution in [0.15, 0.2) is 182 Å². The molecule has 0 unspecified atom stereocenters. The lowest BCUT2D eigenvalue weighted by molar-refractivity contribution is 0.0708. The summed E-state index contributed by atoms with van der Waals surface area (Å²) < 4.78 is 14.4. The maximum absolute atomic E-state index is 7.22. The zero-order chi connectivity index (χ0) is 27.8. The van der Waals surface area contributed by atoms with Crippen molar-refractivity contribution in [3.63, 3.8) is 0 Å². The molecule has 200 valence electrons. The van der Waals surface area contributed by atoms with Crippen LogP contribution in [0.4, 0.5) is 0 Å². The van der Waals surface area contributed by atoms with Gasteiger partial charge in [-0.3, -0.25) is 0 Å². The van der Waals surface area contributed by atoms with Gasteiger partial charge in [0.25, 0.3) is 0 Å². The molecule has 6 aromatic rings. The second kappa shape index (κ2) is 12.3. The summed E-state index contributed by atoms with van der Waals surface area (Å²) >= 11 is 0. The first-order valence-electron chi connectivity index (χ1n) is 13.9. The van der Waals surface area contributed by atoms with E-state index in [0.717, 1.165) is 33.4 Å². The largest absolute Gasteiger partial charge is 0.380 e. The highest BCUT2D eigenvalue weighted by Gasteiger charge is 2.41. The minimum atomic E-state index is -1.66. The maximum atomic E-state index is 7.22. The minimum Gasteiger partial charge on any atom is -0.380 e. The van der Waals surface area contributed by atoms with Crippen molar-refractivity contribution in [3.8, 4) is 0 Å². The van der Waals surface area contributed by atoms with Crippen molar-refractivity contribution in [1.29, 1.82) is 0 Å². The first-order chi connectivity index (χ1) is 20.3. The third kappa shape index (κ3) is 5.19. The number of hydrogen-bond donors (Lipinski definition) is 0. The predicted molar refractivity (Wildman–Crippen MR) is 169 cm³/mol. The van der Waals surface area contributed by atoms with E-state index in [1.165, 1.54) is 0 Å². The number of benzene rings is 6. The molecule has 0 aliphatic rings. The summed E-state index contributed by atoms with van der Waals surface area (Å²) in [5, 5.41) is 0. The van der Waals surface area contributed by atoms with Crippen LogP contribution in [0.3, 0.4) is 0 Å². The van der Waals surface area contributed by atoms with Crippen LogP contribution in [0.5, 0.6) is 0 Å². The van der Waals surface area contributed by atoms with Gasteiger partial charge in [0.05, 0.1) is 0 Å². The summed E-state index contributed by atoms with van der Waals surface area (Å²) in [6.07, 6.45) is 0. The molecule has 0 fully saturated rings. The third-order valence-electron chi connectivity index (χ3n) is 7.63. The second-order valence-electron chi connectivity index (χ2n) is 9.97. The zero-order valence-corrected chi connectivity index (χ0v) is 24.3. The predicted octanol–water partition coefficient (Wildman–Crippen LogP) is 8.00. The minimum absolute atomic E-state index is 0.828. The van der Waals surface area contributed by atoms with E-state index in [2.05, 4.69) is 146 Å². The van der Waals surface area contributed by atoms with E-state index >= 15 is 0 Å². The van der Waals surface area contributed by atoms with Gasteiger partial charge >= 0.3 is 10.0 Å². The molecule has 0 saturated heterocycles. The summed E-state index contributed by atoms with van der Waals surface area (Å²) in [5.74, 6) is 0. The molecule has 0 atom stereocenters. The molecule has 0 heterocycles. The first kappa shape index (κ1) is 26.7. The SMILES string of the molecule is c1ccc(C(O[SiH2]OC(c2ccccc2)(c2ccccc2)c2ccccc2)(c2ccccc2)c2ccccc2)cc1. The Morgan fingerprint density at radius 3 is 0.610 bits per heavy atom. The van der Waals surface area contributed by atoms with Gasteiger partial charge in [-0.1, -0.05) is 182 Å². The fourth-order valence-electron chi connectivity index (χ4n) is 5.74. The van der Waals surface area contributed by atoms with Crippen LogP contribution in [0.1, 0.15) is 33.4 Å². The fraction of sp³-hybridized carbons (Fsp3) is 0.0526. The molecule has 0 spiro atoms. The lowest BCUT2D eigenvalue weighted by Crippen LogP contribution is -2.40. The van der Waals surface area contributed by atoms with Gasteiger partial charge in [-0.2, -0.15) is 0 Å². The van der Waals surface area contributed by atoms with E-state index in [9.17, 15) is 0 Å². The highest BCUT2D eigenvalue weighted by molar-refractivity contribution is 6.19. The molecule has 6 rings (SSSR count). The topological polar surface area (TPSA) is 18.5 Å². The monoisotopic (exact) mass is 548 g/mol. The molecule has 41 heavy (non-hydrogen) atoms. The van der Waals surface area contributed by atoms with Crippen LogP contribution in [0.2, 0.25) is 0 Å². The van der Waals surface area contributed by atoms with Crippen LogP contribution in [0, 0.1) is 0 Å². The van der Waals surface area contributed by atoms with Crippen LogP contribution in [-0.4, -0.2) is 10.0 Å². The van der Waals surface area contributed by atoms with Gasteiger partial charge in [0.1, 0.15) is 11.2 Å². The highest BCUT2D eigenvalue weighted by Crippen LogP contribution is 2.43. The molecule has 0 saturated carbocycles.